The Morgan fingerprint density at radius 1 is 1.29 bits per heavy atom. The molecule has 0 N–H and O–H groups in total. The molecule has 1 aromatic rings. The lowest BCUT2D eigenvalue weighted by atomic mass is 10.0. The lowest BCUT2D eigenvalue weighted by Gasteiger charge is -2.18. The Morgan fingerprint density at radius 3 is 2.47 bits per heavy atom. The van der Waals surface area contributed by atoms with E-state index < -0.39 is 0 Å². The van der Waals surface area contributed by atoms with E-state index in [1.165, 1.54) is 0 Å². The van der Waals surface area contributed by atoms with Gasteiger partial charge < -0.3 is 4.74 Å². The van der Waals surface area contributed by atoms with Crippen LogP contribution >= 0.6 is 0 Å². The highest BCUT2D eigenvalue weighted by atomic mass is 16.5. The molecule has 0 aliphatic carbocycles. The summed E-state index contributed by atoms with van der Waals surface area (Å²) in [6.07, 6.45) is 0.156. The molecule has 0 amide bonds. The molecule has 94 valence electrons. The lowest BCUT2D eigenvalue weighted by Crippen LogP contribution is -2.23. The van der Waals surface area contributed by atoms with Gasteiger partial charge in [-0.3, -0.25) is 4.79 Å². The molecule has 0 saturated carbocycles. The van der Waals surface area contributed by atoms with Gasteiger partial charge in [0.05, 0.1) is 0 Å². The molecule has 1 rings (SSSR count). The first-order valence-corrected chi connectivity index (χ1v) is 6.25. The van der Waals surface area contributed by atoms with Crippen molar-refractivity contribution in [2.45, 2.75) is 53.1 Å². The highest BCUT2D eigenvalue weighted by molar-refractivity contribution is 5.82. The minimum absolute atomic E-state index is 0.140. The SMILES string of the molecule is CCC(=O)C(C)Oc1cc(C)ccc1C(C)C. The van der Waals surface area contributed by atoms with Crippen molar-refractivity contribution < 1.29 is 9.53 Å². The Morgan fingerprint density at radius 2 is 1.94 bits per heavy atom. The number of carbonyl (C=O) groups is 1. The summed E-state index contributed by atoms with van der Waals surface area (Å²) in [7, 11) is 0. The molecule has 0 heterocycles. The maximum atomic E-state index is 11.6. The van der Waals surface area contributed by atoms with Gasteiger partial charge in [-0.15, -0.1) is 0 Å². The largest absolute Gasteiger partial charge is 0.483 e. The second kappa shape index (κ2) is 5.85. The van der Waals surface area contributed by atoms with Gasteiger partial charge in [0.15, 0.2) is 11.9 Å². The van der Waals surface area contributed by atoms with E-state index in [9.17, 15) is 4.79 Å². The average molecular weight is 234 g/mol. The third-order valence-corrected chi connectivity index (χ3v) is 2.90. The molecule has 0 saturated heterocycles. The van der Waals surface area contributed by atoms with Crippen LogP contribution in [0.3, 0.4) is 0 Å². The van der Waals surface area contributed by atoms with Crippen LogP contribution in [-0.2, 0) is 4.79 Å². The first-order valence-electron chi connectivity index (χ1n) is 6.25. The van der Waals surface area contributed by atoms with E-state index in [0.29, 0.717) is 12.3 Å². The number of hydrogen-bond acceptors (Lipinski definition) is 2. The molecule has 0 bridgehead atoms. The summed E-state index contributed by atoms with van der Waals surface area (Å²) in [4.78, 5) is 11.6. The minimum atomic E-state index is -0.362. The van der Waals surface area contributed by atoms with Gasteiger partial charge in [-0.2, -0.15) is 0 Å². The molecule has 0 fully saturated rings. The van der Waals surface area contributed by atoms with Gasteiger partial charge in [-0.25, -0.2) is 0 Å². The van der Waals surface area contributed by atoms with Gasteiger partial charge in [-0.1, -0.05) is 32.9 Å². The molecule has 2 heteroatoms. The fraction of sp³-hybridized carbons (Fsp3) is 0.533. The number of rotatable bonds is 5. The first kappa shape index (κ1) is 13.8. The zero-order valence-corrected chi connectivity index (χ0v) is 11.4. The number of ether oxygens (including phenoxy) is 1. The summed E-state index contributed by atoms with van der Waals surface area (Å²) < 4.78 is 5.79. The van der Waals surface area contributed by atoms with Gasteiger partial charge in [0.1, 0.15) is 5.75 Å². The summed E-state index contributed by atoms with van der Waals surface area (Å²) in [5.41, 5.74) is 2.31. The van der Waals surface area contributed by atoms with E-state index in [1.807, 2.05) is 26.8 Å². The van der Waals surface area contributed by atoms with Crippen molar-refractivity contribution in [3.63, 3.8) is 0 Å². The summed E-state index contributed by atoms with van der Waals surface area (Å²) in [5, 5.41) is 0. The maximum Gasteiger partial charge on any atom is 0.172 e. The fourth-order valence-electron chi connectivity index (χ4n) is 1.76. The molecule has 0 aromatic heterocycles. The van der Waals surface area contributed by atoms with E-state index in [0.717, 1.165) is 16.9 Å². The van der Waals surface area contributed by atoms with E-state index in [2.05, 4.69) is 26.0 Å². The fourth-order valence-corrected chi connectivity index (χ4v) is 1.76. The Kier molecular flexibility index (Phi) is 4.73. The van der Waals surface area contributed by atoms with Crippen LogP contribution in [0.4, 0.5) is 0 Å². The average Bonchev–Trinajstić information content (AvgIpc) is 2.27. The number of ketones is 1. The molecule has 0 aliphatic heterocycles. The van der Waals surface area contributed by atoms with Gasteiger partial charge in [0.25, 0.3) is 0 Å². The Bertz CT molecular complexity index is 394. The molecule has 1 unspecified atom stereocenters. The smallest absolute Gasteiger partial charge is 0.172 e. The van der Waals surface area contributed by atoms with Gasteiger partial charge in [-0.05, 0) is 37.0 Å². The third-order valence-electron chi connectivity index (χ3n) is 2.90. The van der Waals surface area contributed by atoms with Crippen LogP contribution in [0.15, 0.2) is 18.2 Å². The van der Waals surface area contributed by atoms with Crippen molar-refractivity contribution in [3.05, 3.63) is 29.3 Å². The number of hydrogen-bond donors (Lipinski definition) is 0. The maximum absolute atomic E-state index is 11.6. The van der Waals surface area contributed by atoms with Crippen molar-refractivity contribution >= 4 is 5.78 Å². The standard InChI is InChI=1S/C15H22O2/c1-6-14(16)12(5)17-15-9-11(4)7-8-13(15)10(2)3/h7-10,12H,6H2,1-5H3. The van der Waals surface area contributed by atoms with Crippen molar-refractivity contribution in [1.29, 1.82) is 0 Å². The second-order valence-corrected chi connectivity index (χ2v) is 4.78. The second-order valence-electron chi connectivity index (χ2n) is 4.78. The molecule has 1 atom stereocenters. The van der Waals surface area contributed by atoms with E-state index in [1.54, 1.807) is 0 Å². The molecule has 0 radical (unpaired) electrons. The van der Waals surface area contributed by atoms with E-state index >= 15 is 0 Å². The monoisotopic (exact) mass is 234 g/mol. The zero-order chi connectivity index (χ0) is 13.0. The van der Waals surface area contributed by atoms with Gasteiger partial charge >= 0.3 is 0 Å². The molecular formula is C15H22O2. The van der Waals surface area contributed by atoms with E-state index in [4.69, 9.17) is 4.74 Å². The summed E-state index contributed by atoms with van der Waals surface area (Å²) >= 11 is 0. The van der Waals surface area contributed by atoms with Crippen LogP contribution in [0.25, 0.3) is 0 Å². The summed E-state index contributed by atoms with van der Waals surface area (Å²) in [5.74, 6) is 1.38. The van der Waals surface area contributed by atoms with Crippen LogP contribution in [-0.4, -0.2) is 11.9 Å². The molecular weight excluding hydrogens is 212 g/mol. The number of benzene rings is 1. The summed E-state index contributed by atoms with van der Waals surface area (Å²) in [6.45, 7) is 9.97. The zero-order valence-electron chi connectivity index (χ0n) is 11.4. The van der Waals surface area contributed by atoms with Crippen molar-refractivity contribution in [1.82, 2.24) is 0 Å². The highest BCUT2D eigenvalue weighted by Crippen LogP contribution is 2.28. The molecule has 2 nitrogen and oxygen atoms in total. The first-order chi connectivity index (χ1) is 7.95. The number of Topliss-reactive ketones (excluding diaryl/α,β-unsaturated/α-hetero) is 1. The predicted octanol–water partition coefficient (Wildman–Crippen LogP) is 3.86. The Labute approximate surface area is 104 Å². The van der Waals surface area contributed by atoms with Crippen LogP contribution in [0.1, 0.15) is 51.2 Å². The molecule has 0 spiro atoms. The van der Waals surface area contributed by atoms with Crippen LogP contribution in [0, 0.1) is 6.92 Å². The topological polar surface area (TPSA) is 26.3 Å². The number of carbonyl (C=O) groups excluding carboxylic acids is 1. The molecule has 0 aliphatic rings. The Hall–Kier alpha value is -1.31. The van der Waals surface area contributed by atoms with Crippen LogP contribution in [0.5, 0.6) is 5.75 Å². The Balaban J connectivity index is 2.96. The third kappa shape index (κ3) is 3.58. The quantitative estimate of drug-likeness (QED) is 0.773. The predicted molar refractivity (Wildman–Crippen MR) is 70.7 cm³/mol. The van der Waals surface area contributed by atoms with Crippen molar-refractivity contribution in [3.8, 4) is 5.75 Å². The van der Waals surface area contributed by atoms with Crippen molar-refractivity contribution in [2.24, 2.45) is 0 Å². The summed E-state index contributed by atoms with van der Waals surface area (Å²) in [6, 6.07) is 6.17. The van der Waals surface area contributed by atoms with Crippen LogP contribution in [0.2, 0.25) is 0 Å². The highest BCUT2D eigenvalue weighted by Gasteiger charge is 2.15. The minimum Gasteiger partial charge on any atom is -0.483 e. The number of aryl methyl sites for hydroxylation is 1. The van der Waals surface area contributed by atoms with Gasteiger partial charge in [0.2, 0.25) is 0 Å². The normalized spacial score (nSPS) is 12.6. The lowest BCUT2D eigenvalue weighted by molar-refractivity contribution is -0.124. The van der Waals surface area contributed by atoms with Crippen molar-refractivity contribution in [2.75, 3.05) is 0 Å². The van der Waals surface area contributed by atoms with E-state index in [-0.39, 0.29) is 11.9 Å². The van der Waals surface area contributed by atoms with Gasteiger partial charge in [0, 0.05) is 6.42 Å². The molecule has 1 aromatic carbocycles. The molecule has 17 heavy (non-hydrogen) atoms. The van der Waals surface area contributed by atoms with Crippen LogP contribution < -0.4 is 4.74 Å².